The molecule has 2 N–H and O–H groups in total. The van der Waals surface area contributed by atoms with Crippen molar-refractivity contribution in [2.75, 3.05) is 6.61 Å². The van der Waals surface area contributed by atoms with Gasteiger partial charge in [-0.25, -0.2) is 4.79 Å². The fourth-order valence-electron chi connectivity index (χ4n) is 2.09. The van der Waals surface area contributed by atoms with Crippen molar-refractivity contribution in [2.45, 2.75) is 32.2 Å². The highest BCUT2D eigenvalue weighted by Crippen LogP contribution is 2.26. The Morgan fingerprint density at radius 3 is 2.90 bits per heavy atom. The van der Waals surface area contributed by atoms with Crippen LogP contribution in [0.25, 0.3) is 6.08 Å². The molecule has 0 aliphatic carbocycles. The predicted octanol–water partition coefficient (Wildman–Crippen LogP) is 2.00. The van der Waals surface area contributed by atoms with Crippen LogP contribution in [0.5, 0.6) is 5.75 Å². The van der Waals surface area contributed by atoms with Crippen LogP contribution in [-0.4, -0.2) is 29.1 Å². The average molecular weight is 289 g/mol. The average Bonchev–Trinajstić information content (AvgIpc) is 2.92. The highest BCUT2D eigenvalue weighted by Gasteiger charge is 2.31. The van der Waals surface area contributed by atoms with E-state index >= 15 is 0 Å². The van der Waals surface area contributed by atoms with E-state index in [0.717, 1.165) is 23.3 Å². The van der Waals surface area contributed by atoms with Crippen molar-refractivity contribution in [3.8, 4) is 5.75 Å². The van der Waals surface area contributed by atoms with Crippen LogP contribution in [-0.2, 0) is 16.0 Å². The third-order valence-electron chi connectivity index (χ3n) is 3.72. The van der Waals surface area contributed by atoms with Crippen LogP contribution in [0.3, 0.4) is 0 Å². The van der Waals surface area contributed by atoms with E-state index in [0.29, 0.717) is 13.0 Å². The van der Waals surface area contributed by atoms with Crippen molar-refractivity contribution in [3.63, 3.8) is 0 Å². The maximum absolute atomic E-state index is 11.8. The van der Waals surface area contributed by atoms with Gasteiger partial charge in [0.25, 0.3) is 0 Å². The summed E-state index contributed by atoms with van der Waals surface area (Å²) in [4.78, 5) is 23.0. The molecule has 1 aliphatic heterocycles. The number of rotatable bonds is 5. The minimum absolute atomic E-state index is 0.318. The Labute approximate surface area is 123 Å². The Hall–Kier alpha value is -2.30. The number of fused-ring (bicyclic) bond motifs is 1. The predicted molar refractivity (Wildman–Crippen MR) is 79.1 cm³/mol. The molecular formula is C16H19NO4. The van der Waals surface area contributed by atoms with Gasteiger partial charge in [0, 0.05) is 12.5 Å². The Morgan fingerprint density at radius 1 is 1.48 bits per heavy atom. The lowest BCUT2D eigenvalue weighted by atomic mass is 9.99. The number of hydrogen-bond donors (Lipinski definition) is 2. The lowest BCUT2D eigenvalue weighted by Gasteiger charge is -2.23. The minimum atomic E-state index is -1.24. The first-order valence-corrected chi connectivity index (χ1v) is 6.94. The van der Waals surface area contributed by atoms with Gasteiger partial charge in [-0.05, 0) is 42.7 Å². The molecule has 5 heteroatoms. The fourth-order valence-corrected chi connectivity index (χ4v) is 2.09. The van der Waals surface area contributed by atoms with Crippen molar-refractivity contribution in [1.82, 2.24) is 5.32 Å². The van der Waals surface area contributed by atoms with E-state index in [1.165, 1.54) is 13.0 Å². The van der Waals surface area contributed by atoms with Gasteiger partial charge in [-0.15, -0.1) is 0 Å². The van der Waals surface area contributed by atoms with Crippen LogP contribution in [0.15, 0.2) is 24.3 Å². The van der Waals surface area contributed by atoms with Gasteiger partial charge in [0.1, 0.15) is 11.3 Å². The van der Waals surface area contributed by atoms with Gasteiger partial charge in [-0.3, -0.25) is 4.79 Å². The van der Waals surface area contributed by atoms with E-state index in [-0.39, 0.29) is 0 Å². The molecule has 0 saturated carbocycles. The summed E-state index contributed by atoms with van der Waals surface area (Å²) in [6.45, 7) is 3.91. The molecule has 0 aromatic heterocycles. The summed E-state index contributed by atoms with van der Waals surface area (Å²) in [7, 11) is 0. The van der Waals surface area contributed by atoms with Crippen LogP contribution in [0.4, 0.5) is 0 Å². The highest BCUT2D eigenvalue weighted by atomic mass is 16.5. The fraction of sp³-hybridized carbons (Fsp3) is 0.375. The molecule has 5 nitrogen and oxygen atoms in total. The largest absolute Gasteiger partial charge is 0.493 e. The number of carbonyl (C=O) groups is 2. The van der Waals surface area contributed by atoms with E-state index in [4.69, 9.17) is 9.84 Å². The number of hydrogen-bond acceptors (Lipinski definition) is 3. The summed E-state index contributed by atoms with van der Waals surface area (Å²) in [6.07, 6.45) is 4.22. The molecule has 1 aromatic carbocycles. The van der Waals surface area contributed by atoms with Gasteiger partial charge in [0.2, 0.25) is 5.91 Å². The van der Waals surface area contributed by atoms with Crippen LogP contribution in [0.2, 0.25) is 0 Å². The topological polar surface area (TPSA) is 75.6 Å². The lowest BCUT2D eigenvalue weighted by Crippen LogP contribution is -2.51. The number of nitrogens with one attached hydrogen (secondary N) is 1. The summed E-state index contributed by atoms with van der Waals surface area (Å²) in [5.74, 6) is -0.569. The van der Waals surface area contributed by atoms with E-state index < -0.39 is 17.4 Å². The molecule has 1 unspecified atom stereocenters. The number of carboxylic acid groups (broad SMARTS) is 1. The van der Waals surface area contributed by atoms with Crippen LogP contribution in [0, 0.1) is 0 Å². The van der Waals surface area contributed by atoms with Crippen molar-refractivity contribution in [2.24, 2.45) is 0 Å². The Morgan fingerprint density at radius 2 is 2.24 bits per heavy atom. The summed E-state index contributed by atoms with van der Waals surface area (Å²) in [5, 5.41) is 11.6. The third kappa shape index (κ3) is 3.42. The van der Waals surface area contributed by atoms with E-state index in [1.54, 1.807) is 13.0 Å². The second-order valence-corrected chi connectivity index (χ2v) is 5.28. The minimum Gasteiger partial charge on any atom is -0.493 e. The first-order valence-electron chi connectivity index (χ1n) is 6.94. The number of amides is 1. The van der Waals surface area contributed by atoms with Crippen LogP contribution < -0.4 is 10.1 Å². The van der Waals surface area contributed by atoms with Gasteiger partial charge in [-0.2, -0.15) is 0 Å². The molecule has 1 aromatic rings. The second-order valence-electron chi connectivity index (χ2n) is 5.28. The van der Waals surface area contributed by atoms with Gasteiger partial charge in [0.15, 0.2) is 0 Å². The first-order chi connectivity index (χ1) is 9.94. The number of aliphatic carboxylic acids is 1. The number of ether oxygens (including phenoxy) is 1. The van der Waals surface area contributed by atoms with Crippen molar-refractivity contribution in [1.29, 1.82) is 0 Å². The number of carbonyl (C=O) groups excluding carboxylic acids is 1. The van der Waals surface area contributed by atoms with Gasteiger partial charge >= 0.3 is 5.97 Å². The monoisotopic (exact) mass is 289 g/mol. The third-order valence-corrected chi connectivity index (χ3v) is 3.72. The standard InChI is InChI=1S/C16H19NO4/c1-3-16(2,15(19)20)17-14(18)7-5-11-4-6-13-12(10-11)8-9-21-13/h4-7,10H,3,8-9H2,1-2H3,(H,17,18)(H,19,20). The molecule has 0 saturated heterocycles. The Kier molecular flexibility index (Phi) is 4.31. The molecule has 1 atom stereocenters. The van der Waals surface area contributed by atoms with Gasteiger partial charge in [-0.1, -0.05) is 13.0 Å². The molecular weight excluding hydrogens is 270 g/mol. The maximum Gasteiger partial charge on any atom is 0.329 e. The van der Waals surface area contributed by atoms with Crippen molar-refractivity contribution >= 4 is 18.0 Å². The molecule has 1 aliphatic rings. The SMILES string of the molecule is CCC(C)(NC(=O)C=Cc1ccc2c(c1)CCO2)C(=O)O. The summed E-state index contributed by atoms with van der Waals surface area (Å²) >= 11 is 0. The Bertz CT molecular complexity index is 594. The molecule has 0 fully saturated rings. The molecule has 2 rings (SSSR count). The zero-order chi connectivity index (χ0) is 15.5. The molecule has 21 heavy (non-hydrogen) atoms. The second kappa shape index (κ2) is 5.99. The van der Waals surface area contributed by atoms with Crippen LogP contribution >= 0.6 is 0 Å². The molecule has 0 bridgehead atoms. The van der Waals surface area contributed by atoms with E-state index in [1.807, 2.05) is 18.2 Å². The lowest BCUT2D eigenvalue weighted by molar-refractivity contribution is -0.146. The van der Waals surface area contributed by atoms with Gasteiger partial charge in [0.05, 0.1) is 6.61 Å². The molecule has 1 heterocycles. The summed E-state index contributed by atoms with van der Waals surface area (Å²) < 4.78 is 5.42. The molecule has 112 valence electrons. The summed E-state index contributed by atoms with van der Waals surface area (Å²) in [5.41, 5.74) is 0.775. The molecule has 0 spiro atoms. The number of benzene rings is 1. The summed E-state index contributed by atoms with van der Waals surface area (Å²) in [6, 6.07) is 5.72. The number of carboxylic acids is 1. The molecule has 0 radical (unpaired) electrons. The quantitative estimate of drug-likeness (QED) is 0.813. The first kappa shape index (κ1) is 15.1. The highest BCUT2D eigenvalue weighted by molar-refractivity contribution is 5.95. The van der Waals surface area contributed by atoms with E-state index in [9.17, 15) is 9.59 Å². The van der Waals surface area contributed by atoms with Crippen LogP contribution in [0.1, 0.15) is 31.4 Å². The van der Waals surface area contributed by atoms with E-state index in [2.05, 4.69) is 5.32 Å². The zero-order valence-electron chi connectivity index (χ0n) is 12.2. The van der Waals surface area contributed by atoms with Gasteiger partial charge < -0.3 is 15.2 Å². The zero-order valence-corrected chi connectivity index (χ0v) is 12.2. The smallest absolute Gasteiger partial charge is 0.329 e. The van der Waals surface area contributed by atoms with Crippen molar-refractivity contribution in [3.05, 3.63) is 35.4 Å². The molecule has 1 amide bonds. The van der Waals surface area contributed by atoms with Crippen molar-refractivity contribution < 1.29 is 19.4 Å². The normalized spacial score (nSPS) is 16.1. The maximum atomic E-state index is 11.8. The Balaban J connectivity index is 2.04.